The maximum atomic E-state index is 15.0. The van der Waals surface area contributed by atoms with Gasteiger partial charge in [-0.05, 0) is 67.5 Å². The molecular weight excluding hydrogens is 829 g/mol. The van der Waals surface area contributed by atoms with E-state index in [1.165, 1.54) is 32.9 Å². The minimum Gasteiger partial charge on any atom is -0.504 e. The van der Waals surface area contributed by atoms with Crippen molar-refractivity contribution in [1.82, 2.24) is 15.5 Å². The summed E-state index contributed by atoms with van der Waals surface area (Å²) in [6.45, 7) is 7.36. The van der Waals surface area contributed by atoms with Gasteiger partial charge in [-0.25, -0.2) is 4.79 Å². The number of thioether (sulfide) groups is 1. The van der Waals surface area contributed by atoms with E-state index in [-0.39, 0.29) is 43.3 Å². The molecule has 2 saturated heterocycles. The van der Waals surface area contributed by atoms with Crippen molar-refractivity contribution >= 4 is 29.7 Å². The molecule has 63 heavy (non-hydrogen) atoms. The van der Waals surface area contributed by atoms with E-state index >= 15 is 4.79 Å². The number of unbranched alkanes of at least 4 members (excludes halogenated alkanes) is 4. The Balaban J connectivity index is 1.20. The summed E-state index contributed by atoms with van der Waals surface area (Å²) in [6.07, 6.45) is 6.27. The van der Waals surface area contributed by atoms with E-state index in [0.717, 1.165) is 48.8 Å². The van der Waals surface area contributed by atoms with Crippen molar-refractivity contribution in [3.8, 4) is 46.3 Å². The molecule has 10 rings (SSSR count). The highest BCUT2D eigenvalue weighted by atomic mass is 32.2. The number of nitriles is 1. The SMILES string of the molecule is CCCCCCCC(=O)Oc1cc2c(cc1OC)[C@@]1(CS[C@@H]3c4c(OC(C)=O)c(C)c5c(c4[C@H](COC1=O)N1C3C3N[C@@H](Cc4cc(C)c(OC)c(O)c43)[C@@H]1C#N)OCO5)NCC2. The zero-order valence-electron chi connectivity index (χ0n) is 36.5. The number of carbonyl (C=O) groups is 3. The molecule has 16 heteroatoms. The van der Waals surface area contributed by atoms with Crippen molar-refractivity contribution in [1.29, 1.82) is 5.26 Å². The Morgan fingerprint density at radius 1 is 0.984 bits per heavy atom. The summed E-state index contributed by atoms with van der Waals surface area (Å²) >= 11 is 1.47. The third kappa shape index (κ3) is 7.02. The first-order chi connectivity index (χ1) is 30.5. The molecule has 3 N–H and O–H groups in total. The number of aryl methyl sites for hydroxylation is 1. The molecule has 7 aliphatic heterocycles. The van der Waals surface area contributed by atoms with Gasteiger partial charge < -0.3 is 43.6 Å². The van der Waals surface area contributed by atoms with Gasteiger partial charge in [0, 0.05) is 60.0 Å². The average Bonchev–Trinajstić information content (AvgIpc) is 3.76. The topological polar surface area (TPSA) is 187 Å². The van der Waals surface area contributed by atoms with Crippen LogP contribution in [0.4, 0.5) is 0 Å². The van der Waals surface area contributed by atoms with Crippen molar-refractivity contribution in [2.45, 2.75) is 120 Å². The van der Waals surface area contributed by atoms with Crippen molar-refractivity contribution in [3.63, 3.8) is 0 Å². The van der Waals surface area contributed by atoms with Crippen LogP contribution in [0.15, 0.2) is 18.2 Å². The van der Waals surface area contributed by atoms with Gasteiger partial charge in [-0.15, -0.1) is 11.8 Å². The summed E-state index contributed by atoms with van der Waals surface area (Å²) in [5.74, 6) is 0.901. The van der Waals surface area contributed by atoms with E-state index in [9.17, 15) is 20.0 Å². The van der Waals surface area contributed by atoms with Gasteiger partial charge in [0.15, 0.2) is 40.0 Å². The van der Waals surface area contributed by atoms with Crippen molar-refractivity contribution < 1.29 is 52.6 Å². The fraction of sp³-hybridized carbons (Fsp3) is 0.532. The summed E-state index contributed by atoms with van der Waals surface area (Å²) in [4.78, 5) is 43.3. The minimum absolute atomic E-state index is 0.0185. The summed E-state index contributed by atoms with van der Waals surface area (Å²) in [7, 11) is 3.03. The number of phenolic OH excluding ortho intramolecular Hbond substituents is 1. The van der Waals surface area contributed by atoms with Gasteiger partial charge in [0.05, 0.1) is 37.6 Å². The lowest BCUT2D eigenvalue weighted by molar-refractivity contribution is -0.155. The van der Waals surface area contributed by atoms with Crippen LogP contribution >= 0.6 is 11.8 Å². The number of nitrogens with zero attached hydrogens (tertiary/aromatic N) is 2. The fourth-order valence-electron chi connectivity index (χ4n) is 10.9. The number of nitrogens with one attached hydrogen (secondary N) is 2. The maximum Gasteiger partial charge on any atom is 0.331 e. The quantitative estimate of drug-likeness (QED) is 0.119. The van der Waals surface area contributed by atoms with Crippen LogP contribution in [0.2, 0.25) is 0 Å². The highest BCUT2D eigenvalue weighted by molar-refractivity contribution is 7.99. The Labute approximate surface area is 371 Å². The molecule has 3 aromatic carbocycles. The maximum absolute atomic E-state index is 15.0. The molecule has 3 aromatic rings. The Kier molecular flexibility index (Phi) is 11.7. The van der Waals surface area contributed by atoms with Gasteiger partial charge in [-0.2, -0.15) is 5.26 Å². The highest BCUT2D eigenvalue weighted by Gasteiger charge is 2.60. The number of ether oxygens (including phenoxy) is 7. The molecule has 0 radical (unpaired) electrons. The third-order valence-corrected chi connectivity index (χ3v) is 15.1. The molecule has 4 bridgehead atoms. The second kappa shape index (κ2) is 17.1. The molecule has 0 amide bonds. The largest absolute Gasteiger partial charge is 0.504 e. The van der Waals surface area contributed by atoms with Crippen molar-refractivity contribution in [3.05, 3.63) is 62.7 Å². The zero-order valence-corrected chi connectivity index (χ0v) is 37.3. The summed E-state index contributed by atoms with van der Waals surface area (Å²) in [5.41, 5.74) is 4.26. The number of carbonyl (C=O) groups excluding carboxylic acids is 3. The Morgan fingerprint density at radius 3 is 2.52 bits per heavy atom. The first kappa shape index (κ1) is 43.1. The number of hydrogen-bond donors (Lipinski definition) is 3. The van der Waals surface area contributed by atoms with Gasteiger partial charge in [0.1, 0.15) is 18.4 Å². The van der Waals surface area contributed by atoms with E-state index in [0.29, 0.717) is 81.7 Å². The monoisotopic (exact) mass is 882 g/mol. The van der Waals surface area contributed by atoms with E-state index in [1.807, 2.05) is 19.9 Å². The van der Waals surface area contributed by atoms with Gasteiger partial charge in [0.25, 0.3) is 0 Å². The van der Waals surface area contributed by atoms with Crippen molar-refractivity contribution in [2.75, 3.05) is 39.9 Å². The van der Waals surface area contributed by atoms with Crippen LogP contribution in [0, 0.1) is 25.2 Å². The molecule has 2 unspecified atom stereocenters. The van der Waals surface area contributed by atoms with Gasteiger partial charge in [-0.3, -0.25) is 19.8 Å². The van der Waals surface area contributed by atoms with E-state index in [1.54, 1.807) is 12.1 Å². The average molecular weight is 883 g/mol. The van der Waals surface area contributed by atoms with Crippen LogP contribution < -0.4 is 39.1 Å². The van der Waals surface area contributed by atoms with Crippen LogP contribution in [0.5, 0.6) is 40.2 Å². The Morgan fingerprint density at radius 2 is 1.78 bits per heavy atom. The summed E-state index contributed by atoms with van der Waals surface area (Å²) < 4.78 is 42.5. The molecule has 2 fully saturated rings. The standard InChI is InChI=1S/C47H54N4O11S/c1-7-8-9-10-11-12-34(53)62-33-17-26-13-14-49-47(28(26)18-32(33)56-5)21-63-45-37-36(44-43(59-22-60-44)24(3)42(37)61-25(4)52)31(20-58-46(47)55)51-30(19-48)29-16-27-15-23(2)41(57-6)40(54)35(27)38(50-29)39(45)51/h15,17-18,29-31,38-39,45,49-50,54H,7-14,16,20-22H2,1-6H3/t29-,30-,31-,38?,39?,45+,47+/m0/s1. The number of benzene rings is 3. The van der Waals surface area contributed by atoms with Crippen LogP contribution in [0.3, 0.4) is 0 Å². The molecule has 15 nitrogen and oxygen atoms in total. The molecule has 0 aromatic heterocycles. The number of piperazine rings is 1. The first-order valence-electron chi connectivity index (χ1n) is 21.9. The number of methoxy groups -OCH3 is 2. The Bertz CT molecular complexity index is 2420. The van der Waals surface area contributed by atoms with E-state index in [2.05, 4.69) is 28.5 Å². The van der Waals surface area contributed by atoms with Gasteiger partial charge >= 0.3 is 17.9 Å². The normalized spacial score (nSPS) is 26.3. The molecular formula is C47H54N4O11S. The van der Waals surface area contributed by atoms with Crippen LogP contribution in [-0.2, 0) is 37.5 Å². The summed E-state index contributed by atoms with van der Waals surface area (Å²) in [6, 6.07) is 5.22. The molecule has 7 atom stereocenters. The number of hydrogen-bond acceptors (Lipinski definition) is 16. The van der Waals surface area contributed by atoms with Crippen molar-refractivity contribution in [2.24, 2.45) is 0 Å². The molecule has 0 saturated carbocycles. The predicted octanol–water partition coefficient (Wildman–Crippen LogP) is 6.21. The highest BCUT2D eigenvalue weighted by Crippen LogP contribution is 2.63. The van der Waals surface area contributed by atoms with Crippen LogP contribution in [0.25, 0.3) is 0 Å². The number of rotatable bonds is 10. The molecule has 7 aliphatic rings. The van der Waals surface area contributed by atoms with Crippen LogP contribution in [-0.4, -0.2) is 86.0 Å². The lowest BCUT2D eigenvalue weighted by Gasteiger charge is -2.59. The number of phenols is 1. The van der Waals surface area contributed by atoms with Crippen LogP contribution in [0.1, 0.15) is 114 Å². The van der Waals surface area contributed by atoms with Gasteiger partial charge in [-0.1, -0.05) is 38.7 Å². The number of fused-ring (bicyclic) bond motifs is 9. The number of aromatic hydroxyl groups is 1. The minimum atomic E-state index is -1.41. The van der Waals surface area contributed by atoms with Gasteiger partial charge in [0.2, 0.25) is 6.79 Å². The molecule has 334 valence electrons. The first-order valence-corrected chi connectivity index (χ1v) is 22.9. The van der Waals surface area contributed by atoms with E-state index < -0.39 is 46.9 Å². The Hall–Kier alpha value is -5.21. The molecule has 0 aliphatic carbocycles. The smallest absolute Gasteiger partial charge is 0.331 e. The lowest BCUT2D eigenvalue weighted by Crippen LogP contribution is -2.69. The fourth-order valence-corrected chi connectivity index (χ4v) is 12.6. The predicted molar refractivity (Wildman–Crippen MR) is 231 cm³/mol. The molecule has 7 heterocycles. The third-order valence-electron chi connectivity index (χ3n) is 13.6. The summed E-state index contributed by atoms with van der Waals surface area (Å²) in [5, 5.41) is 29.9. The number of esters is 3. The second-order valence-corrected chi connectivity index (χ2v) is 18.4. The second-order valence-electron chi connectivity index (χ2n) is 17.3. The zero-order chi connectivity index (χ0) is 44.3. The lowest BCUT2D eigenvalue weighted by atomic mass is 9.72. The van der Waals surface area contributed by atoms with E-state index in [4.69, 9.17) is 33.2 Å². The molecule has 1 spiro atoms.